The second-order valence-electron chi connectivity index (χ2n) is 6.87. The maximum Gasteiger partial charge on any atom is 0.254 e. The van der Waals surface area contributed by atoms with Crippen molar-refractivity contribution in [3.8, 4) is 17.2 Å². The number of rotatable bonds is 6. The maximum atomic E-state index is 12.5. The fourth-order valence-electron chi connectivity index (χ4n) is 3.32. The Morgan fingerprint density at radius 2 is 1.96 bits per heavy atom. The number of hydrogen-bond acceptors (Lipinski definition) is 5. The number of hydrogen-bond donors (Lipinski definition) is 1. The third kappa shape index (κ3) is 3.74. The lowest BCUT2D eigenvalue weighted by Crippen LogP contribution is -2.55. The van der Waals surface area contributed by atoms with E-state index in [1.165, 1.54) is 0 Å². The average molecular weight is 382 g/mol. The Kier molecular flexibility index (Phi) is 5.06. The minimum absolute atomic E-state index is 0.0161. The molecule has 2 aromatic rings. The van der Waals surface area contributed by atoms with Crippen LogP contribution in [0, 0.1) is 5.92 Å². The Morgan fingerprint density at radius 1 is 1.14 bits per heavy atom. The van der Waals surface area contributed by atoms with Crippen molar-refractivity contribution in [3.63, 3.8) is 0 Å². The Hall–Kier alpha value is -3.22. The van der Waals surface area contributed by atoms with Gasteiger partial charge < -0.3 is 24.4 Å². The molecule has 7 heteroatoms. The molecule has 0 saturated carbocycles. The molecule has 4 rings (SSSR count). The molecule has 2 aliphatic heterocycles. The first-order chi connectivity index (χ1) is 13.6. The van der Waals surface area contributed by atoms with Gasteiger partial charge in [0.2, 0.25) is 12.7 Å². The molecule has 1 fully saturated rings. The lowest BCUT2D eigenvalue weighted by atomic mass is 9.97. The summed E-state index contributed by atoms with van der Waals surface area (Å²) in [6, 6.07) is 12.9. The van der Waals surface area contributed by atoms with Crippen LogP contribution >= 0.6 is 0 Å². The second-order valence-corrected chi connectivity index (χ2v) is 6.87. The van der Waals surface area contributed by atoms with E-state index in [0.717, 1.165) is 17.7 Å². The molecule has 2 aliphatic rings. The van der Waals surface area contributed by atoms with E-state index in [0.29, 0.717) is 36.7 Å². The fraction of sp³-hybridized carbons (Fsp3) is 0.333. The van der Waals surface area contributed by atoms with Crippen LogP contribution in [0.5, 0.6) is 17.2 Å². The SMILES string of the molecule is COc1cccc(CCNC(=O)C2CN(C(=O)c3ccc4c(c3)OCO4)C2)c1. The molecule has 0 bridgehead atoms. The zero-order chi connectivity index (χ0) is 19.5. The second kappa shape index (κ2) is 7.80. The van der Waals surface area contributed by atoms with E-state index in [4.69, 9.17) is 14.2 Å². The molecule has 28 heavy (non-hydrogen) atoms. The molecule has 0 radical (unpaired) electrons. The zero-order valence-electron chi connectivity index (χ0n) is 15.6. The number of benzene rings is 2. The molecule has 0 spiro atoms. The van der Waals surface area contributed by atoms with Gasteiger partial charge in [0, 0.05) is 25.2 Å². The molecule has 1 N–H and O–H groups in total. The molecule has 2 heterocycles. The highest BCUT2D eigenvalue weighted by atomic mass is 16.7. The number of fused-ring (bicyclic) bond motifs is 1. The average Bonchev–Trinajstić information content (AvgIpc) is 3.14. The number of nitrogens with zero attached hydrogens (tertiary/aromatic N) is 1. The number of methoxy groups -OCH3 is 1. The van der Waals surface area contributed by atoms with Crippen molar-refractivity contribution < 1.29 is 23.8 Å². The number of carbonyl (C=O) groups excluding carboxylic acids is 2. The summed E-state index contributed by atoms with van der Waals surface area (Å²) in [5.41, 5.74) is 1.65. The van der Waals surface area contributed by atoms with Gasteiger partial charge in [-0.05, 0) is 42.3 Å². The van der Waals surface area contributed by atoms with Crippen LogP contribution in [0.3, 0.4) is 0 Å². The molecular formula is C21H22N2O5. The topological polar surface area (TPSA) is 77.1 Å². The van der Waals surface area contributed by atoms with Gasteiger partial charge in [-0.1, -0.05) is 12.1 Å². The number of nitrogens with one attached hydrogen (secondary N) is 1. The monoisotopic (exact) mass is 382 g/mol. The first-order valence-electron chi connectivity index (χ1n) is 9.23. The maximum absolute atomic E-state index is 12.5. The van der Waals surface area contributed by atoms with Crippen LogP contribution in [0.15, 0.2) is 42.5 Å². The van der Waals surface area contributed by atoms with E-state index in [2.05, 4.69) is 5.32 Å². The summed E-state index contributed by atoms with van der Waals surface area (Å²) in [4.78, 5) is 26.5. The van der Waals surface area contributed by atoms with Crippen molar-refractivity contribution in [2.45, 2.75) is 6.42 Å². The van der Waals surface area contributed by atoms with Gasteiger partial charge in [-0.3, -0.25) is 9.59 Å². The van der Waals surface area contributed by atoms with E-state index in [9.17, 15) is 9.59 Å². The van der Waals surface area contributed by atoms with E-state index >= 15 is 0 Å². The highest BCUT2D eigenvalue weighted by Gasteiger charge is 2.36. The third-order valence-electron chi connectivity index (χ3n) is 5.01. The quantitative estimate of drug-likeness (QED) is 0.825. The summed E-state index contributed by atoms with van der Waals surface area (Å²) >= 11 is 0. The van der Waals surface area contributed by atoms with Crippen molar-refractivity contribution in [1.82, 2.24) is 10.2 Å². The van der Waals surface area contributed by atoms with Crippen molar-refractivity contribution in [2.75, 3.05) is 33.5 Å². The molecule has 2 aromatic carbocycles. The van der Waals surface area contributed by atoms with Gasteiger partial charge >= 0.3 is 0 Å². The number of likely N-dealkylation sites (tertiary alicyclic amines) is 1. The van der Waals surface area contributed by atoms with Crippen LogP contribution in [0.2, 0.25) is 0 Å². The number of carbonyl (C=O) groups is 2. The fourth-order valence-corrected chi connectivity index (χ4v) is 3.32. The molecule has 0 aromatic heterocycles. The summed E-state index contributed by atoms with van der Waals surface area (Å²) in [5, 5.41) is 2.95. The van der Waals surface area contributed by atoms with Gasteiger partial charge in [-0.25, -0.2) is 0 Å². The predicted octanol–water partition coefficient (Wildman–Crippen LogP) is 1.85. The highest BCUT2D eigenvalue weighted by Crippen LogP contribution is 2.33. The lowest BCUT2D eigenvalue weighted by molar-refractivity contribution is -0.128. The number of ether oxygens (including phenoxy) is 3. The molecule has 0 aliphatic carbocycles. The smallest absolute Gasteiger partial charge is 0.254 e. The minimum atomic E-state index is -0.164. The van der Waals surface area contributed by atoms with Crippen LogP contribution in [-0.4, -0.2) is 50.3 Å². The third-order valence-corrected chi connectivity index (χ3v) is 5.01. The van der Waals surface area contributed by atoms with Crippen molar-refractivity contribution in [3.05, 3.63) is 53.6 Å². The van der Waals surface area contributed by atoms with Crippen LogP contribution in [0.25, 0.3) is 0 Å². The van der Waals surface area contributed by atoms with Crippen LogP contribution in [-0.2, 0) is 11.2 Å². The molecule has 0 atom stereocenters. The molecule has 146 valence electrons. The van der Waals surface area contributed by atoms with Crippen LogP contribution in [0.4, 0.5) is 0 Å². The Balaban J connectivity index is 1.23. The summed E-state index contributed by atoms with van der Waals surface area (Å²) < 4.78 is 15.8. The van der Waals surface area contributed by atoms with Crippen molar-refractivity contribution in [2.24, 2.45) is 5.92 Å². The van der Waals surface area contributed by atoms with Gasteiger partial charge in [-0.2, -0.15) is 0 Å². The summed E-state index contributed by atoms with van der Waals surface area (Å²) in [7, 11) is 1.63. The first kappa shape index (κ1) is 18.2. The van der Waals surface area contributed by atoms with E-state index in [1.807, 2.05) is 24.3 Å². The zero-order valence-corrected chi connectivity index (χ0v) is 15.6. The van der Waals surface area contributed by atoms with Crippen LogP contribution in [0.1, 0.15) is 15.9 Å². The van der Waals surface area contributed by atoms with E-state index in [1.54, 1.807) is 30.2 Å². The first-order valence-corrected chi connectivity index (χ1v) is 9.23. The normalized spacial score (nSPS) is 15.1. The molecular weight excluding hydrogens is 360 g/mol. The van der Waals surface area contributed by atoms with E-state index in [-0.39, 0.29) is 24.5 Å². The van der Waals surface area contributed by atoms with Gasteiger partial charge in [0.1, 0.15) is 5.75 Å². The largest absolute Gasteiger partial charge is 0.497 e. The molecule has 2 amide bonds. The van der Waals surface area contributed by atoms with E-state index < -0.39 is 0 Å². The Morgan fingerprint density at radius 3 is 2.79 bits per heavy atom. The number of amides is 2. The van der Waals surface area contributed by atoms with Crippen LogP contribution < -0.4 is 19.5 Å². The van der Waals surface area contributed by atoms with Crippen molar-refractivity contribution in [1.29, 1.82) is 0 Å². The summed E-state index contributed by atoms with van der Waals surface area (Å²) in [6.45, 7) is 1.59. The van der Waals surface area contributed by atoms with Gasteiger partial charge in [0.15, 0.2) is 11.5 Å². The predicted molar refractivity (Wildman–Crippen MR) is 102 cm³/mol. The summed E-state index contributed by atoms with van der Waals surface area (Å²) in [5.74, 6) is 1.76. The van der Waals surface area contributed by atoms with Gasteiger partial charge in [0.25, 0.3) is 5.91 Å². The Bertz CT molecular complexity index is 892. The van der Waals surface area contributed by atoms with Crippen molar-refractivity contribution >= 4 is 11.8 Å². The van der Waals surface area contributed by atoms with Gasteiger partial charge in [0.05, 0.1) is 13.0 Å². The standard InChI is InChI=1S/C21H22N2O5/c1-26-17-4-2-3-14(9-17)7-8-22-20(24)16-11-23(12-16)21(25)15-5-6-18-19(10-15)28-13-27-18/h2-6,9-10,16H,7-8,11-13H2,1H3,(H,22,24). The molecule has 7 nitrogen and oxygen atoms in total. The van der Waals surface area contributed by atoms with Gasteiger partial charge in [-0.15, -0.1) is 0 Å². The minimum Gasteiger partial charge on any atom is -0.497 e. The lowest BCUT2D eigenvalue weighted by Gasteiger charge is -2.38. The molecule has 0 unspecified atom stereocenters. The molecule has 1 saturated heterocycles. The highest BCUT2D eigenvalue weighted by molar-refractivity contribution is 5.96. The summed E-state index contributed by atoms with van der Waals surface area (Å²) in [6.07, 6.45) is 0.732. The Labute approximate surface area is 163 Å².